The monoisotopic (exact) mass is 894 g/mol. The van der Waals surface area contributed by atoms with Crippen LogP contribution in [0.3, 0.4) is 0 Å². The van der Waals surface area contributed by atoms with E-state index in [0.717, 1.165) is 0 Å². The van der Waals surface area contributed by atoms with Gasteiger partial charge in [-0.15, -0.1) is 102 Å². The third kappa shape index (κ3) is 8.64. The van der Waals surface area contributed by atoms with Gasteiger partial charge in [-0.3, -0.25) is 0 Å². The SMILES string of the molecule is C(=C\c1ccc(-c2ccc(-c3cccs3)s2)s1)/c1cc(/C=C/c2ccc(-c3ccc(-c4cccs4)s3)s2)cc(/C=C/c2ccc(-c3ccc(-c4cccs4)s3)s2)c1. The van der Waals surface area contributed by atoms with Crippen LogP contribution in [0.2, 0.25) is 0 Å². The van der Waals surface area contributed by atoms with Gasteiger partial charge in [0.15, 0.2) is 0 Å². The molecule has 0 unspecified atom stereocenters. The Bertz CT molecular complexity index is 2620. The van der Waals surface area contributed by atoms with Crippen LogP contribution in [0.4, 0.5) is 0 Å². The molecule has 0 saturated carbocycles. The minimum atomic E-state index is 1.18. The molecule has 0 nitrogen and oxygen atoms in total. The summed E-state index contributed by atoms with van der Waals surface area (Å²) in [7, 11) is 0. The second-order valence-electron chi connectivity index (χ2n) is 13.0. The van der Waals surface area contributed by atoms with Crippen LogP contribution in [0.25, 0.3) is 95.0 Å². The Morgan fingerprint density at radius 1 is 0.246 bits per heavy atom. The lowest BCUT2D eigenvalue weighted by molar-refractivity contribution is 1.59. The summed E-state index contributed by atoms with van der Waals surface area (Å²) >= 11 is 16.5. The topological polar surface area (TPSA) is 0 Å². The van der Waals surface area contributed by atoms with Crippen LogP contribution in [0.15, 0.2) is 144 Å². The van der Waals surface area contributed by atoms with Crippen molar-refractivity contribution in [2.45, 2.75) is 0 Å². The van der Waals surface area contributed by atoms with Crippen LogP contribution in [-0.4, -0.2) is 0 Å². The van der Waals surface area contributed by atoms with Crippen LogP contribution in [0.1, 0.15) is 31.3 Å². The number of benzene rings is 1. The second-order valence-corrected chi connectivity index (χ2v) is 22.4. The van der Waals surface area contributed by atoms with Gasteiger partial charge < -0.3 is 0 Å². The van der Waals surface area contributed by atoms with E-state index in [4.69, 9.17) is 0 Å². The molecule has 1 aromatic carbocycles. The molecule has 0 aliphatic rings. The predicted molar refractivity (Wildman–Crippen MR) is 266 cm³/mol. The summed E-state index contributed by atoms with van der Waals surface area (Å²) < 4.78 is 0. The van der Waals surface area contributed by atoms with E-state index in [1.165, 1.54) is 89.8 Å². The zero-order chi connectivity index (χ0) is 38.0. The van der Waals surface area contributed by atoms with Crippen LogP contribution in [-0.2, 0) is 0 Å². The van der Waals surface area contributed by atoms with Crippen molar-refractivity contribution in [1.82, 2.24) is 0 Å². The van der Waals surface area contributed by atoms with Gasteiger partial charge in [-0.1, -0.05) is 36.4 Å². The molecule has 9 heterocycles. The van der Waals surface area contributed by atoms with Crippen molar-refractivity contribution < 1.29 is 0 Å². The fourth-order valence-electron chi connectivity index (χ4n) is 6.32. The smallest absolute Gasteiger partial charge is 0.0449 e. The van der Waals surface area contributed by atoms with Gasteiger partial charge >= 0.3 is 0 Å². The summed E-state index contributed by atoms with van der Waals surface area (Å²) in [6.07, 6.45) is 13.5. The van der Waals surface area contributed by atoms with Crippen LogP contribution >= 0.6 is 102 Å². The maximum atomic E-state index is 2.29. The summed E-state index contributed by atoms with van der Waals surface area (Å²) in [6, 6.07) is 46.8. The Morgan fingerprint density at radius 2 is 0.509 bits per heavy atom. The van der Waals surface area contributed by atoms with Crippen LogP contribution in [0, 0.1) is 0 Å². The third-order valence-electron chi connectivity index (χ3n) is 9.04. The number of hydrogen-bond acceptors (Lipinski definition) is 9. The van der Waals surface area contributed by atoms with Gasteiger partial charge in [0.05, 0.1) is 0 Å². The van der Waals surface area contributed by atoms with Gasteiger partial charge in [-0.25, -0.2) is 0 Å². The van der Waals surface area contributed by atoms with E-state index in [-0.39, 0.29) is 0 Å². The summed E-state index contributed by atoms with van der Waals surface area (Å²) in [6.45, 7) is 0. The first-order valence-electron chi connectivity index (χ1n) is 18.1. The Hall–Kier alpha value is -4.26. The number of hydrogen-bond donors (Lipinski definition) is 0. The van der Waals surface area contributed by atoms with E-state index in [0.29, 0.717) is 0 Å². The van der Waals surface area contributed by atoms with Crippen LogP contribution in [0.5, 0.6) is 0 Å². The molecular formula is C48H30S9. The Morgan fingerprint density at radius 3 is 0.789 bits per heavy atom. The molecule has 0 amide bonds. The predicted octanol–water partition coefficient (Wildman–Crippen LogP) is 18.8. The molecule has 0 bridgehead atoms. The lowest BCUT2D eigenvalue weighted by atomic mass is 10.0. The molecule has 9 aromatic heterocycles. The second kappa shape index (κ2) is 16.9. The first-order valence-corrected chi connectivity index (χ1v) is 25.6. The van der Waals surface area contributed by atoms with Crippen molar-refractivity contribution in [3.8, 4) is 58.5 Å². The maximum absolute atomic E-state index is 2.29. The lowest BCUT2D eigenvalue weighted by Gasteiger charge is -2.02. The van der Waals surface area contributed by atoms with E-state index in [9.17, 15) is 0 Å². The standard InChI is InChI=1S/C48H30S9/c1-4-37(49-25-1)40-19-22-46(55-40)43-16-13-34(52-43)10-7-31-28-32(8-11-35-14-17-44(53-35)47-23-20-41(56-47)38-5-2-26-50-38)30-33(29-31)9-12-36-15-18-45(54-36)48-24-21-42(57-48)39-6-3-27-51-39/h1-30H/b10-7+,11-8+,12-9+. The highest BCUT2D eigenvalue weighted by molar-refractivity contribution is 7.28. The van der Waals surface area contributed by atoms with Crippen molar-refractivity contribution in [2.24, 2.45) is 0 Å². The summed E-state index contributed by atoms with van der Waals surface area (Å²) in [5, 5.41) is 6.44. The lowest BCUT2D eigenvalue weighted by Crippen LogP contribution is -1.81. The average molecular weight is 895 g/mol. The Balaban J connectivity index is 0.905. The van der Waals surface area contributed by atoms with Gasteiger partial charge in [0.1, 0.15) is 0 Å². The van der Waals surface area contributed by atoms with Gasteiger partial charge in [-0.05, 0) is 160 Å². The zero-order valence-corrected chi connectivity index (χ0v) is 37.3. The molecule has 0 aliphatic heterocycles. The molecule has 0 fully saturated rings. The Labute approximate surface area is 368 Å². The highest BCUT2D eigenvalue weighted by atomic mass is 32.1. The number of rotatable bonds is 12. The van der Waals surface area contributed by atoms with Crippen molar-refractivity contribution in [2.75, 3.05) is 0 Å². The zero-order valence-electron chi connectivity index (χ0n) is 30.0. The molecule has 57 heavy (non-hydrogen) atoms. The first kappa shape index (κ1) is 37.0. The van der Waals surface area contributed by atoms with E-state index < -0.39 is 0 Å². The van der Waals surface area contributed by atoms with Crippen LogP contribution < -0.4 is 0 Å². The third-order valence-corrected chi connectivity index (χ3v) is 19.2. The molecule has 0 atom stereocenters. The molecule has 9 heteroatoms. The molecule has 0 N–H and O–H groups in total. The normalized spacial score (nSPS) is 12.0. The minimum Gasteiger partial charge on any atom is -0.143 e. The highest BCUT2D eigenvalue weighted by Crippen LogP contribution is 2.42. The molecule has 0 spiro atoms. The van der Waals surface area contributed by atoms with Gasteiger partial charge in [0.25, 0.3) is 0 Å². The molecule has 10 rings (SSSR count). The van der Waals surface area contributed by atoms with E-state index in [1.54, 1.807) is 34.0 Å². The van der Waals surface area contributed by atoms with Crippen molar-refractivity contribution in [3.05, 3.63) is 175 Å². The maximum Gasteiger partial charge on any atom is 0.0449 e. The molecule has 276 valence electrons. The summed E-state index contributed by atoms with van der Waals surface area (Å²) in [5.41, 5.74) is 3.54. The van der Waals surface area contributed by atoms with Gasteiger partial charge in [-0.2, -0.15) is 0 Å². The Kier molecular flexibility index (Phi) is 11.0. The fourth-order valence-corrected chi connectivity index (χ4v) is 14.8. The first-order chi connectivity index (χ1) is 28.1. The number of thiophene rings is 9. The molecule has 0 radical (unpaired) electrons. The fraction of sp³-hybridized carbons (Fsp3) is 0. The van der Waals surface area contributed by atoms with Gasteiger partial charge in [0, 0.05) is 73.2 Å². The molecule has 10 aromatic rings. The average Bonchev–Trinajstić information content (AvgIpc) is 4.06. The van der Waals surface area contributed by atoms with E-state index >= 15 is 0 Å². The largest absolute Gasteiger partial charge is 0.143 e. The molecular weight excluding hydrogens is 865 g/mol. The summed E-state index contributed by atoms with van der Waals surface area (Å²) in [5.74, 6) is 0. The highest BCUT2D eigenvalue weighted by Gasteiger charge is 2.11. The van der Waals surface area contributed by atoms with Gasteiger partial charge in [0.2, 0.25) is 0 Å². The molecule has 0 saturated heterocycles. The van der Waals surface area contributed by atoms with Crippen molar-refractivity contribution in [1.29, 1.82) is 0 Å². The van der Waals surface area contributed by atoms with Crippen molar-refractivity contribution >= 4 is 138 Å². The minimum absolute atomic E-state index is 1.18. The van der Waals surface area contributed by atoms with E-state index in [2.05, 4.69) is 180 Å². The molecule has 0 aliphatic carbocycles. The summed E-state index contributed by atoms with van der Waals surface area (Å²) in [4.78, 5) is 19.6. The van der Waals surface area contributed by atoms with E-state index in [1.807, 2.05) is 68.0 Å². The van der Waals surface area contributed by atoms with Crippen molar-refractivity contribution in [3.63, 3.8) is 0 Å². The quantitative estimate of drug-likeness (QED) is 0.115.